The molecule has 1 aromatic carbocycles. The third-order valence-corrected chi connectivity index (χ3v) is 4.75. The van der Waals surface area contributed by atoms with Crippen LogP contribution in [0.3, 0.4) is 0 Å². The molecule has 0 spiro atoms. The van der Waals surface area contributed by atoms with Crippen LogP contribution in [0, 0.1) is 0 Å². The SMILES string of the molecule is O=C(NCC1NCCc2ccccc21)c1ccc(C2CC2)cn1. The smallest absolute Gasteiger partial charge is 0.269 e. The van der Waals surface area contributed by atoms with Crippen LogP contribution in [0.15, 0.2) is 42.6 Å². The molecule has 0 bridgehead atoms. The standard InChI is InChI=1S/C19H21N3O/c23-19(17-8-7-15(11-21-17)13-5-6-13)22-12-18-16-4-2-1-3-14(16)9-10-20-18/h1-4,7-8,11,13,18,20H,5-6,9-10,12H2,(H,22,23). The number of fused-ring (bicyclic) bond motifs is 1. The first-order chi connectivity index (χ1) is 11.3. The summed E-state index contributed by atoms with van der Waals surface area (Å²) in [4.78, 5) is 16.6. The molecule has 1 saturated carbocycles. The number of nitrogens with zero attached hydrogens (tertiary/aromatic N) is 1. The van der Waals surface area contributed by atoms with Gasteiger partial charge in [0.05, 0.1) is 0 Å². The zero-order chi connectivity index (χ0) is 15.6. The molecule has 2 aliphatic rings. The van der Waals surface area contributed by atoms with E-state index in [4.69, 9.17) is 0 Å². The topological polar surface area (TPSA) is 54.0 Å². The number of hydrogen-bond donors (Lipinski definition) is 2. The van der Waals surface area contributed by atoms with Crippen LogP contribution < -0.4 is 10.6 Å². The van der Waals surface area contributed by atoms with Crippen molar-refractivity contribution in [2.24, 2.45) is 0 Å². The molecule has 1 unspecified atom stereocenters. The number of amides is 1. The summed E-state index contributed by atoms with van der Waals surface area (Å²) in [5.41, 5.74) is 4.41. The Hall–Kier alpha value is -2.20. The van der Waals surface area contributed by atoms with Crippen LogP contribution in [0.25, 0.3) is 0 Å². The molecule has 1 aliphatic heterocycles. The van der Waals surface area contributed by atoms with Gasteiger partial charge in [-0.05, 0) is 54.5 Å². The lowest BCUT2D eigenvalue weighted by molar-refractivity contribution is 0.0944. The van der Waals surface area contributed by atoms with Gasteiger partial charge in [0.1, 0.15) is 5.69 Å². The molecule has 1 aromatic heterocycles. The quantitative estimate of drug-likeness (QED) is 0.913. The third kappa shape index (κ3) is 3.13. The predicted octanol–water partition coefficient (Wildman–Crippen LogP) is 2.58. The number of rotatable bonds is 4. The highest BCUT2D eigenvalue weighted by Gasteiger charge is 2.24. The third-order valence-electron chi connectivity index (χ3n) is 4.75. The summed E-state index contributed by atoms with van der Waals surface area (Å²) in [5.74, 6) is 0.569. The molecule has 4 rings (SSSR count). The molecule has 2 aromatic rings. The minimum Gasteiger partial charge on any atom is -0.349 e. The van der Waals surface area contributed by atoms with E-state index in [1.807, 2.05) is 18.3 Å². The number of hydrogen-bond acceptors (Lipinski definition) is 3. The summed E-state index contributed by atoms with van der Waals surface area (Å²) in [5, 5.41) is 6.49. The Bertz CT molecular complexity index is 707. The predicted molar refractivity (Wildman–Crippen MR) is 89.4 cm³/mol. The number of carbonyl (C=O) groups excluding carboxylic acids is 1. The fourth-order valence-electron chi connectivity index (χ4n) is 3.26. The molecule has 1 aliphatic carbocycles. The molecule has 0 saturated heterocycles. The van der Waals surface area contributed by atoms with E-state index in [1.165, 1.54) is 29.5 Å². The van der Waals surface area contributed by atoms with E-state index in [0.29, 0.717) is 18.2 Å². The summed E-state index contributed by atoms with van der Waals surface area (Å²) in [6.07, 6.45) is 5.39. The van der Waals surface area contributed by atoms with Crippen molar-refractivity contribution in [1.82, 2.24) is 15.6 Å². The van der Waals surface area contributed by atoms with E-state index >= 15 is 0 Å². The minimum atomic E-state index is -0.0998. The zero-order valence-corrected chi connectivity index (χ0v) is 13.1. The molecule has 4 heteroatoms. The van der Waals surface area contributed by atoms with E-state index in [9.17, 15) is 4.79 Å². The van der Waals surface area contributed by atoms with Crippen LogP contribution in [0.4, 0.5) is 0 Å². The van der Waals surface area contributed by atoms with Crippen LogP contribution in [0.2, 0.25) is 0 Å². The van der Waals surface area contributed by atoms with Crippen LogP contribution in [0.1, 0.15) is 52.0 Å². The number of nitrogens with one attached hydrogen (secondary N) is 2. The normalized spacial score (nSPS) is 19.9. The summed E-state index contributed by atoms with van der Waals surface area (Å²) >= 11 is 0. The molecule has 0 radical (unpaired) electrons. The van der Waals surface area contributed by atoms with Gasteiger partial charge in [0.15, 0.2) is 0 Å². The minimum absolute atomic E-state index is 0.0998. The Kier molecular flexibility index (Phi) is 3.83. The van der Waals surface area contributed by atoms with Gasteiger partial charge in [-0.15, -0.1) is 0 Å². The van der Waals surface area contributed by atoms with Crippen molar-refractivity contribution < 1.29 is 4.79 Å². The summed E-state index contributed by atoms with van der Waals surface area (Å²) in [7, 11) is 0. The van der Waals surface area contributed by atoms with Crippen molar-refractivity contribution in [1.29, 1.82) is 0 Å². The van der Waals surface area contributed by atoms with Crippen molar-refractivity contribution in [3.05, 3.63) is 65.0 Å². The van der Waals surface area contributed by atoms with E-state index < -0.39 is 0 Å². The highest BCUT2D eigenvalue weighted by molar-refractivity contribution is 5.92. The van der Waals surface area contributed by atoms with Crippen LogP contribution in [0.5, 0.6) is 0 Å². The first-order valence-electron chi connectivity index (χ1n) is 8.36. The first kappa shape index (κ1) is 14.4. The van der Waals surface area contributed by atoms with Gasteiger partial charge in [-0.2, -0.15) is 0 Å². The van der Waals surface area contributed by atoms with Crippen molar-refractivity contribution in [2.75, 3.05) is 13.1 Å². The van der Waals surface area contributed by atoms with E-state index in [2.05, 4.69) is 39.9 Å². The lowest BCUT2D eigenvalue weighted by Gasteiger charge is -2.27. The molecule has 1 atom stereocenters. The molecule has 2 N–H and O–H groups in total. The van der Waals surface area contributed by atoms with Gasteiger partial charge in [-0.3, -0.25) is 9.78 Å². The fraction of sp³-hybridized carbons (Fsp3) is 0.368. The maximum atomic E-state index is 12.3. The van der Waals surface area contributed by atoms with Gasteiger partial charge in [0, 0.05) is 18.8 Å². The molecule has 23 heavy (non-hydrogen) atoms. The van der Waals surface area contributed by atoms with Crippen molar-refractivity contribution in [3.63, 3.8) is 0 Å². The number of carbonyl (C=O) groups is 1. The Labute approximate surface area is 136 Å². The number of aromatic nitrogens is 1. The molecule has 2 heterocycles. The average Bonchev–Trinajstić information content (AvgIpc) is 3.45. The van der Waals surface area contributed by atoms with Gasteiger partial charge in [-0.1, -0.05) is 30.3 Å². The summed E-state index contributed by atoms with van der Waals surface area (Å²) < 4.78 is 0. The van der Waals surface area contributed by atoms with Crippen LogP contribution in [-0.4, -0.2) is 24.0 Å². The summed E-state index contributed by atoms with van der Waals surface area (Å²) in [6, 6.07) is 12.5. The Morgan fingerprint density at radius 3 is 2.87 bits per heavy atom. The van der Waals surface area contributed by atoms with Gasteiger partial charge in [0.25, 0.3) is 5.91 Å². The highest BCUT2D eigenvalue weighted by Crippen LogP contribution is 2.39. The number of benzene rings is 1. The van der Waals surface area contributed by atoms with Gasteiger partial charge in [0.2, 0.25) is 0 Å². The summed E-state index contributed by atoms with van der Waals surface area (Å²) in [6.45, 7) is 1.54. The first-order valence-corrected chi connectivity index (χ1v) is 8.36. The molecule has 1 amide bonds. The van der Waals surface area contributed by atoms with Gasteiger partial charge >= 0.3 is 0 Å². The van der Waals surface area contributed by atoms with Crippen molar-refractivity contribution >= 4 is 5.91 Å². The van der Waals surface area contributed by atoms with Crippen molar-refractivity contribution in [3.8, 4) is 0 Å². The molecular formula is C19H21N3O. The maximum Gasteiger partial charge on any atom is 0.269 e. The monoisotopic (exact) mass is 307 g/mol. The zero-order valence-electron chi connectivity index (χ0n) is 13.1. The largest absolute Gasteiger partial charge is 0.349 e. The van der Waals surface area contributed by atoms with Crippen LogP contribution >= 0.6 is 0 Å². The van der Waals surface area contributed by atoms with E-state index in [-0.39, 0.29) is 11.9 Å². The fourth-order valence-corrected chi connectivity index (χ4v) is 3.26. The molecule has 1 fully saturated rings. The average molecular weight is 307 g/mol. The van der Waals surface area contributed by atoms with Crippen molar-refractivity contribution in [2.45, 2.75) is 31.2 Å². The number of pyridine rings is 1. The Balaban J connectivity index is 1.40. The Morgan fingerprint density at radius 2 is 2.09 bits per heavy atom. The van der Waals surface area contributed by atoms with Gasteiger partial charge < -0.3 is 10.6 Å². The van der Waals surface area contributed by atoms with E-state index in [1.54, 1.807) is 0 Å². The second-order valence-electron chi connectivity index (χ2n) is 6.42. The maximum absolute atomic E-state index is 12.3. The molecular weight excluding hydrogens is 286 g/mol. The second-order valence-corrected chi connectivity index (χ2v) is 6.42. The molecule has 4 nitrogen and oxygen atoms in total. The second kappa shape index (κ2) is 6.13. The lowest BCUT2D eigenvalue weighted by atomic mass is 9.94. The van der Waals surface area contributed by atoms with Crippen LogP contribution in [-0.2, 0) is 6.42 Å². The lowest BCUT2D eigenvalue weighted by Crippen LogP contribution is -2.39. The molecule has 118 valence electrons. The van der Waals surface area contributed by atoms with E-state index in [0.717, 1.165) is 13.0 Å². The van der Waals surface area contributed by atoms with Gasteiger partial charge in [-0.25, -0.2) is 0 Å². The highest BCUT2D eigenvalue weighted by atomic mass is 16.1. The Morgan fingerprint density at radius 1 is 1.22 bits per heavy atom.